The molecule has 19 heavy (non-hydrogen) atoms. The number of ether oxygens (including phenoxy) is 1. The van der Waals surface area contributed by atoms with Crippen molar-refractivity contribution in [1.29, 1.82) is 0 Å². The van der Waals surface area contributed by atoms with Gasteiger partial charge in [-0.15, -0.1) is 0 Å². The van der Waals surface area contributed by atoms with E-state index in [9.17, 15) is 0 Å². The van der Waals surface area contributed by atoms with Gasteiger partial charge in [0.15, 0.2) is 0 Å². The van der Waals surface area contributed by atoms with Crippen LogP contribution in [0.25, 0.3) is 0 Å². The predicted octanol–water partition coefficient (Wildman–Crippen LogP) is 1.99. The SMILES string of the molecule is CC1OCCC1(C)NCc1ccc2c(c1)CNCC2. The van der Waals surface area contributed by atoms with Crippen LogP contribution in [0.1, 0.15) is 37.0 Å². The molecular formula is C16H24N2O. The summed E-state index contributed by atoms with van der Waals surface area (Å²) in [5.74, 6) is 0. The van der Waals surface area contributed by atoms with Crippen LogP contribution in [0.2, 0.25) is 0 Å². The van der Waals surface area contributed by atoms with Crippen LogP contribution >= 0.6 is 0 Å². The smallest absolute Gasteiger partial charge is 0.0726 e. The van der Waals surface area contributed by atoms with Crippen LogP contribution in [-0.2, 0) is 24.2 Å². The fourth-order valence-corrected chi connectivity index (χ4v) is 3.01. The molecule has 2 unspecified atom stereocenters. The third-order valence-electron chi connectivity index (χ3n) is 4.74. The largest absolute Gasteiger partial charge is 0.377 e. The highest BCUT2D eigenvalue weighted by molar-refractivity contribution is 5.33. The van der Waals surface area contributed by atoms with Crippen molar-refractivity contribution in [2.45, 2.75) is 51.4 Å². The Kier molecular flexibility index (Phi) is 3.61. The monoisotopic (exact) mass is 260 g/mol. The van der Waals surface area contributed by atoms with E-state index in [2.05, 4.69) is 42.7 Å². The molecule has 2 aliphatic rings. The van der Waals surface area contributed by atoms with Gasteiger partial charge in [0.25, 0.3) is 0 Å². The molecule has 0 spiro atoms. The zero-order valence-corrected chi connectivity index (χ0v) is 12.0. The van der Waals surface area contributed by atoms with Gasteiger partial charge < -0.3 is 15.4 Å². The average Bonchev–Trinajstić information content (AvgIpc) is 2.77. The van der Waals surface area contributed by atoms with Crippen LogP contribution in [-0.4, -0.2) is 24.8 Å². The molecule has 3 nitrogen and oxygen atoms in total. The second-order valence-electron chi connectivity index (χ2n) is 6.06. The summed E-state index contributed by atoms with van der Waals surface area (Å²) in [6.45, 7) is 8.36. The summed E-state index contributed by atoms with van der Waals surface area (Å²) in [6, 6.07) is 6.91. The molecule has 0 bridgehead atoms. The van der Waals surface area contributed by atoms with Crippen molar-refractivity contribution in [3.05, 3.63) is 34.9 Å². The Hall–Kier alpha value is -0.900. The summed E-state index contributed by atoms with van der Waals surface area (Å²) in [5, 5.41) is 7.12. The normalized spacial score (nSPS) is 30.3. The first-order valence-electron chi connectivity index (χ1n) is 7.35. The van der Waals surface area contributed by atoms with Crippen molar-refractivity contribution < 1.29 is 4.74 Å². The highest BCUT2D eigenvalue weighted by Crippen LogP contribution is 2.25. The molecule has 104 valence electrons. The van der Waals surface area contributed by atoms with Gasteiger partial charge in [-0.25, -0.2) is 0 Å². The van der Waals surface area contributed by atoms with Crippen LogP contribution < -0.4 is 10.6 Å². The van der Waals surface area contributed by atoms with Crippen molar-refractivity contribution in [1.82, 2.24) is 10.6 Å². The topological polar surface area (TPSA) is 33.3 Å². The van der Waals surface area contributed by atoms with Crippen molar-refractivity contribution in [2.75, 3.05) is 13.2 Å². The van der Waals surface area contributed by atoms with E-state index in [1.54, 1.807) is 0 Å². The Labute approximate surface area is 115 Å². The second-order valence-corrected chi connectivity index (χ2v) is 6.06. The summed E-state index contributed by atoms with van der Waals surface area (Å²) < 4.78 is 5.67. The van der Waals surface area contributed by atoms with Crippen molar-refractivity contribution in [2.24, 2.45) is 0 Å². The van der Waals surface area contributed by atoms with Gasteiger partial charge in [-0.1, -0.05) is 18.2 Å². The molecule has 1 aromatic rings. The van der Waals surface area contributed by atoms with E-state index in [0.29, 0.717) is 6.10 Å². The van der Waals surface area contributed by atoms with Gasteiger partial charge in [0.05, 0.1) is 6.10 Å². The summed E-state index contributed by atoms with van der Waals surface area (Å²) in [4.78, 5) is 0. The standard InChI is InChI=1S/C16H24N2O/c1-12-16(2,6-8-19-12)18-10-13-3-4-14-5-7-17-11-15(14)9-13/h3-4,9,12,17-18H,5-8,10-11H2,1-2H3. The maximum Gasteiger partial charge on any atom is 0.0726 e. The van der Waals surface area contributed by atoms with Gasteiger partial charge in [0.2, 0.25) is 0 Å². The summed E-state index contributed by atoms with van der Waals surface area (Å²) >= 11 is 0. The molecule has 2 aliphatic heterocycles. The van der Waals surface area contributed by atoms with E-state index in [0.717, 1.165) is 39.1 Å². The van der Waals surface area contributed by atoms with Gasteiger partial charge in [-0.2, -0.15) is 0 Å². The maximum absolute atomic E-state index is 5.67. The molecule has 2 heterocycles. The molecule has 0 saturated carbocycles. The molecule has 0 radical (unpaired) electrons. The van der Waals surface area contributed by atoms with E-state index >= 15 is 0 Å². The van der Waals surface area contributed by atoms with E-state index in [4.69, 9.17) is 4.74 Å². The van der Waals surface area contributed by atoms with E-state index in [-0.39, 0.29) is 5.54 Å². The maximum atomic E-state index is 5.67. The van der Waals surface area contributed by atoms with Gasteiger partial charge >= 0.3 is 0 Å². The van der Waals surface area contributed by atoms with Crippen LogP contribution in [0, 0.1) is 0 Å². The fourth-order valence-electron chi connectivity index (χ4n) is 3.01. The lowest BCUT2D eigenvalue weighted by atomic mass is 9.93. The molecule has 3 rings (SSSR count). The Balaban J connectivity index is 1.67. The van der Waals surface area contributed by atoms with Gasteiger partial charge in [-0.3, -0.25) is 0 Å². The van der Waals surface area contributed by atoms with E-state index in [1.165, 1.54) is 16.7 Å². The van der Waals surface area contributed by atoms with Crippen LogP contribution in [0.5, 0.6) is 0 Å². The second kappa shape index (κ2) is 5.23. The Morgan fingerprint density at radius 1 is 1.42 bits per heavy atom. The Bertz CT molecular complexity index is 460. The number of hydrogen-bond acceptors (Lipinski definition) is 3. The summed E-state index contributed by atoms with van der Waals surface area (Å²) in [6.07, 6.45) is 2.55. The summed E-state index contributed by atoms with van der Waals surface area (Å²) in [7, 11) is 0. The molecule has 2 N–H and O–H groups in total. The summed E-state index contributed by atoms with van der Waals surface area (Å²) in [5.41, 5.74) is 4.47. The van der Waals surface area contributed by atoms with Crippen LogP contribution in [0.15, 0.2) is 18.2 Å². The third kappa shape index (κ3) is 2.69. The number of benzene rings is 1. The zero-order valence-electron chi connectivity index (χ0n) is 12.0. The van der Waals surface area contributed by atoms with Gasteiger partial charge in [-0.05, 0) is 49.9 Å². The average molecular weight is 260 g/mol. The minimum atomic E-state index is 0.119. The lowest BCUT2D eigenvalue weighted by molar-refractivity contribution is 0.0881. The molecule has 0 amide bonds. The molecule has 1 fully saturated rings. The lowest BCUT2D eigenvalue weighted by Gasteiger charge is -2.29. The lowest BCUT2D eigenvalue weighted by Crippen LogP contribution is -2.47. The van der Waals surface area contributed by atoms with Crippen molar-refractivity contribution in [3.8, 4) is 0 Å². The molecule has 0 aromatic heterocycles. The van der Waals surface area contributed by atoms with Crippen molar-refractivity contribution in [3.63, 3.8) is 0 Å². The molecule has 2 atom stereocenters. The fraction of sp³-hybridized carbons (Fsp3) is 0.625. The Morgan fingerprint density at radius 2 is 2.32 bits per heavy atom. The predicted molar refractivity (Wildman–Crippen MR) is 77.1 cm³/mol. The highest BCUT2D eigenvalue weighted by Gasteiger charge is 2.36. The molecular weight excluding hydrogens is 236 g/mol. The minimum absolute atomic E-state index is 0.119. The Morgan fingerprint density at radius 3 is 3.11 bits per heavy atom. The number of hydrogen-bond donors (Lipinski definition) is 2. The molecule has 1 saturated heterocycles. The van der Waals surface area contributed by atoms with E-state index < -0.39 is 0 Å². The first-order chi connectivity index (χ1) is 9.17. The van der Waals surface area contributed by atoms with Crippen LogP contribution in [0.4, 0.5) is 0 Å². The van der Waals surface area contributed by atoms with Gasteiger partial charge in [0, 0.05) is 25.2 Å². The first kappa shape index (κ1) is 13.1. The number of rotatable bonds is 3. The highest BCUT2D eigenvalue weighted by atomic mass is 16.5. The van der Waals surface area contributed by atoms with Gasteiger partial charge in [0.1, 0.15) is 0 Å². The zero-order chi connectivity index (χ0) is 13.3. The third-order valence-corrected chi connectivity index (χ3v) is 4.74. The molecule has 1 aromatic carbocycles. The molecule has 3 heteroatoms. The van der Waals surface area contributed by atoms with E-state index in [1.807, 2.05) is 0 Å². The van der Waals surface area contributed by atoms with Crippen molar-refractivity contribution >= 4 is 0 Å². The first-order valence-corrected chi connectivity index (χ1v) is 7.35. The quantitative estimate of drug-likeness (QED) is 0.872. The minimum Gasteiger partial charge on any atom is -0.377 e. The number of fused-ring (bicyclic) bond motifs is 1. The molecule has 0 aliphatic carbocycles. The van der Waals surface area contributed by atoms with Crippen LogP contribution in [0.3, 0.4) is 0 Å². The number of nitrogens with one attached hydrogen (secondary N) is 2.